The first-order valence-corrected chi connectivity index (χ1v) is 10.9. The van der Waals surface area contributed by atoms with E-state index in [1.807, 2.05) is 35.0 Å². The molecular weight excluding hydrogens is 445 g/mol. The first-order valence-electron chi connectivity index (χ1n) is 10.9. The number of aromatic carboxylic acids is 1. The van der Waals surface area contributed by atoms with E-state index in [1.54, 1.807) is 18.3 Å². The molecule has 1 aliphatic carbocycles. The third kappa shape index (κ3) is 4.90. The Balaban J connectivity index is 1.36. The van der Waals surface area contributed by atoms with Gasteiger partial charge in [0.05, 0.1) is 11.3 Å². The zero-order valence-electron chi connectivity index (χ0n) is 18.0. The molecule has 0 spiro atoms. The van der Waals surface area contributed by atoms with Crippen molar-refractivity contribution in [2.45, 2.75) is 38.1 Å². The molecule has 5 rings (SSSR count). The number of carbonyl (C=O) groups is 1. The number of hydrogen-bond acceptors (Lipinski definition) is 3. The third-order valence-corrected chi connectivity index (χ3v) is 5.96. The van der Waals surface area contributed by atoms with Crippen LogP contribution in [0.25, 0.3) is 10.9 Å². The van der Waals surface area contributed by atoms with Gasteiger partial charge in [-0.25, -0.2) is 4.79 Å². The maximum Gasteiger partial charge on any atom is 0.573 e. The van der Waals surface area contributed by atoms with Crippen molar-refractivity contribution < 1.29 is 27.8 Å². The molecule has 4 aromatic rings. The molecule has 1 fully saturated rings. The average molecular weight is 466 g/mol. The minimum Gasteiger partial charge on any atom is -0.478 e. The number of halogens is 3. The fourth-order valence-corrected chi connectivity index (χ4v) is 4.20. The van der Waals surface area contributed by atoms with E-state index in [9.17, 15) is 23.1 Å². The van der Waals surface area contributed by atoms with Crippen molar-refractivity contribution in [2.24, 2.45) is 0 Å². The summed E-state index contributed by atoms with van der Waals surface area (Å²) in [7, 11) is 0. The van der Waals surface area contributed by atoms with Crippen LogP contribution in [0.3, 0.4) is 0 Å². The Kier molecular flexibility index (Phi) is 5.51. The Morgan fingerprint density at radius 1 is 1.09 bits per heavy atom. The molecule has 1 saturated carbocycles. The highest BCUT2D eigenvalue weighted by Crippen LogP contribution is 2.40. The lowest BCUT2D eigenvalue weighted by Crippen LogP contribution is -2.17. The molecule has 2 heterocycles. The monoisotopic (exact) mass is 466 g/mol. The lowest BCUT2D eigenvalue weighted by Gasteiger charge is -2.11. The second-order valence-corrected chi connectivity index (χ2v) is 8.55. The molecule has 0 radical (unpaired) electrons. The van der Waals surface area contributed by atoms with E-state index in [1.165, 1.54) is 18.2 Å². The summed E-state index contributed by atoms with van der Waals surface area (Å²) in [6, 6.07) is 15.4. The Morgan fingerprint density at radius 2 is 1.91 bits per heavy atom. The van der Waals surface area contributed by atoms with Gasteiger partial charge in [0.25, 0.3) is 0 Å². The molecule has 2 aromatic carbocycles. The lowest BCUT2D eigenvalue weighted by molar-refractivity contribution is -0.274. The van der Waals surface area contributed by atoms with E-state index < -0.39 is 12.3 Å². The van der Waals surface area contributed by atoms with Crippen LogP contribution >= 0.6 is 0 Å². The SMILES string of the molecule is O=C(O)c1cc(C2CC2)cnc1Cc1ccc2c(ccn2Cc2cccc(OC(F)(F)F)c2)c1. The second-order valence-electron chi connectivity index (χ2n) is 8.55. The fraction of sp³-hybridized carbons (Fsp3) is 0.231. The third-order valence-electron chi connectivity index (χ3n) is 5.96. The molecule has 0 bridgehead atoms. The van der Waals surface area contributed by atoms with Crippen molar-refractivity contribution in [1.29, 1.82) is 0 Å². The van der Waals surface area contributed by atoms with Gasteiger partial charge >= 0.3 is 12.3 Å². The van der Waals surface area contributed by atoms with Gasteiger partial charge in [-0.15, -0.1) is 13.2 Å². The first kappa shape index (κ1) is 22.0. The summed E-state index contributed by atoms with van der Waals surface area (Å²) in [4.78, 5) is 16.2. The molecule has 0 amide bonds. The Hall–Kier alpha value is -3.81. The molecule has 0 saturated heterocycles. The van der Waals surface area contributed by atoms with E-state index >= 15 is 0 Å². The molecule has 0 unspecified atom stereocenters. The number of aromatic nitrogens is 2. The summed E-state index contributed by atoms with van der Waals surface area (Å²) in [6.45, 7) is 0.380. The molecule has 5 nitrogen and oxygen atoms in total. The second kappa shape index (κ2) is 8.52. The van der Waals surface area contributed by atoms with Crippen LogP contribution in [-0.2, 0) is 13.0 Å². The number of benzene rings is 2. The zero-order valence-corrected chi connectivity index (χ0v) is 18.0. The van der Waals surface area contributed by atoms with Crippen LogP contribution in [0.1, 0.15) is 51.5 Å². The summed E-state index contributed by atoms with van der Waals surface area (Å²) < 4.78 is 43.5. The predicted octanol–water partition coefficient (Wildman–Crippen LogP) is 6.15. The number of hydrogen-bond donors (Lipinski definition) is 1. The lowest BCUT2D eigenvalue weighted by atomic mass is 10.0. The molecule has 0 aliphatic heterocycles. The Bertz CT molecular complexity index is 1370. The zero-order chi connectivity index (χ0) is 23.9. The number of pyridine rings is 1. The number of fused-ring (bicyclic) bond motifs is 1. The van der Waals surface area contributed by atoms with Gasteiger partial charge in [0.2, 0.25) is 0 Å². The molecule has 0 atom stereocenters. The Labute approximate surface area is 193 Å². The van der Waals surface area contributed by atoms with Gasteiger partial charge < -0.3 is 14.4 Å². The molecule has 2 aromatic heterocycles. The van der Waals surface area contributed by atoms with E-state index in [2.05, 4.69) is 9.72 Å². The van der Waals surface area contributed by atoms with E-state index in [0.29, 0.717) is 30.1 Å². The molecule has 174 valence electrons. The summed E-state index contributed by atoms with van der Waals surface area (Å²) in [5.74, 6) is -0.802. The van der Waals surface area contributed by atoms with Crippen LogP contribution in [0.15, 0.2) is 67.0 Å². The van der Waals surface area contributed by atoms with Crippen molar-refractivity contribution in [1.82, 2.24) is 9.55 Å². The number of alkyl halides is 3. The minimum absolute atomic E-state index is 0.239. The van der Waals surface area contributed by atoms with Crippen molar-refractivity contribution in [2.75, 3.05) is 0 Å². The molecule has 8 heteroatoms. The number of nitrogens with zero attached hydrogens (tertiary/aromatic N) is 2. The van der Waals surface area contributed by atoms with E-state index in [0.717, 1.165) is 34.9 Å². The van der Waals surface area contributed by atoms with Gasteiger partial charge in [-0.05, 0) is 77.2 Å². The molecule has 1 aliphatic rings. The molecule has 1 N–H and O–H groups in total. The predicted molar refractivity (Wildman–Crippen MR) is 120 cm³/mol. The van der Waals surface area contributed by atoms with Crippen LogP contribution in [0.4, 0.5) is 13.2 Å². The maximum absolute atomic E-state index is 12.5. The number of carboxylic acid groups (broad SMARTS) is 1. The molecular formula is C26H21F3N2O3. The highest BCUT2D eigenvalue weighted by atomic mass is 19.4. The van der Waals surface area contributed by atoms with E-state index in [-0.39, 0.29) is 11.3 Å². The van der Waals surface area contributed by atoms with Crippen molar-refractivity contribution in [3.05, 3.63) is 94.9 Å². The van der Waals surface area contributed by atoms with E-state index in [4.69, 9.17) is 0 Å². The average Bonchev–Trinajstić information content (AvgIpc) is 3.55. The molecule has 34 heavy (non-hydrogen) atoms. The normalized spacial score (nSPS) is 13.9. The van der Waals surface area contributed by atoms with Gasteiger partial charge in [-0.3, -0.25) is 4.98 Å². The summed E-state index contributed by atoms with van der Waals surface area (Å²) in [6.07, 6.45) is 1.47. The first-order chi connectivity index (χ1) is 16.2. The fourth-order valence-electron chi connectivity index (χ4n) is 4.20. The van der Waals surface area contributed by atoms with Gasteiger partial charge in [0, 0.05) is 30.9 Å². The summed E-state index contributed by atoms with van der Waals surface area (Å²) in [5.41, 5.74) is 4.27. The topological polar surface area (TPSA) is 64.3 Å². The highest BCUT2D eigenvalue weighted by Gasteiger charge is 2.31. The minimum atomic E-state index is -4.73. The van der Waals surface area contributed by atoms with Crippen LogP contribution < -0.4 is 4.74 Å². The van der Waals surface area contributed by atoms with Gasteiger partial charge in [-0.1, -0.05) is 18.2 Å². The maximum atomic E-state index is 12.5. The largest absolute Gasteiger partial charge is 0.573 e. The van der Waals surface area contributed by atoms with Crippen LogP contribution in [0, 0.1) is 0 Å². The number of rotatable bonds is 7. The standard InChI is InChI=1S/C26H21F3N2O3/c27-26(28,29)34-21-3-1-2-17(11-21)15-31-9-8-19-10-16(4-7-24(19)31)12-23-22(25(32)33)13-20(14-30-23)18-5-6-18/h1-4,7-11,13-14,18H,5-6,12,15H2,(H,32,33). The number of carboxylic acids is 1. The smallest absolute Gasteiger partial charge is 0.478 e. The Morgan fingerprint density at radius 3 is 2.65 bits per heavy atom. The van der Waals surface area contributed by atoms with Crippen LogP contribution in [-0.4, -0.2) is 27.0 Å². The van der Waals surface area contributed by atoms with Crippen molar-refractivity contribution in [3.63, 3.8) is 0 Å². The number of ether oxygens (including phenoxy) is 1. The van der Waals surface area contributed by atoms with Crippen molar-refractivity contribution >= 4 is 16.9 Å². The summed E-state index contributed by atoms with van der Waals surface area (Å²) in [5, 5.41) is 10.6. The van der Waals surface area contributed by atoms with Crippen LogP contribution in [0.2, 0.25) is 0 Å². The van der Waals surface area contributed by atoms with Crippen LogP contribution in [0.5, 0.6) is 5.75 Å². The van der Waals surface area contributed by atoms with Gasteiger partial charge in [-0.2, -0.15) is 0 Å². The quantitative estimate of drug-likeness (QED) is 0.355. The summed E-state index contributed by atoms with van der Waals surface area (Å²) >= 11 is 0. The van der Waals surface area contributed by atoms with Gasteiger partial charge in [0.1, 0.15) is 5.75 Å². The van der Waals surface area contributed by atoms with Crippen molar-refractivity contribution in [3.8, 4) is 5.75 Å². The highest BCUT2D eigenvalue weighted by molar-refractivity contribution is 5.89. The van der Waals surface area contributed by atoms with Gasteiger partial charge in [0.15, 0.2) is 0 Å².